The number of hydrogen-bond acceptors (Lipinski definition) is 11. The average Bonchev–Trinajstić information content (AvgIpc) is 2.88. The number of carboxylic acids is 1. The largest absolute Gasteiger partial charge is 0.478 e. The van der Waals surface area contributed by atoms with Crippen LogP contribution in [-0.4, -0.2) is 89.9 Å². The third-order valence-electron chi connectivity index (χ3n) is 7.14. The van der Waals surface area contributed by atoms with Gasteiger partial charge in [-0.05, 0) is 69.5 Å². The Morgan fingerprint density at radius 1 is 0.850 bits per heavy atom. The molecule has 214 valence electrons. The van der Waals surface area contributed by atoms with E-state index in [1.165, 1.54) is 30.3 Å². The number of carbonyl (C=O) groups excluding carboxylic acids is 4. The second-order valence-electron chi connectivity index (χ2n) is 9.80. The Kier molecular flexibility index (Phi) is 8.44. The van der Waals surface area contributed by atoms with Crippen LogP contribution in [0.3, 0.4) is 0 Å². The molecule has 0 bridgehead atoms. The molecule has 40 heavy (non-hydrogen) atoms. The number of aliphatic hydroxyl groups excluding tert-OH is 1. The maximum atomic E-state index is 12.8. The van der Waals surface area contributed by atoms with Crippen LogP contribution in [0.1, 0.15) is 49.2 Å². The van der Waals surface area contributed by atoms with Crippen LogP contribution in [0.2, 0.25) is 0 Å². The lowest BCUT2D eigenvalue weighted by molar-refractivity contribution is -0.358. The standard InChI is InChI=1S/C28H30O12/c1-14(29)22(33)23-26(36,15(2)30)28(38,17(4)32)27(37,16(3)31)25(40-23)39-21-10-6-8-19(13-21)11-18-7-5-9-20(12-18)24(34)35/h5-10,12-13,22-23,25,33,36-38H,11H2,1-4H3,(H,34,35)/t22?,23-,25+,26-,27-,28+/m1/s1. The monoisotopic (exact) mass is 558 g/mol. The van der Waals surface area contributed by atoms with Gasteiger partial charge in [0.1, 0.15) is 18.0 Å². The van der Waals surface area contributed by atoms with Crippen molar-refractivity contribution in [3.8, 4) is 5.75 Å². The summed E-state index contributed by atoms with van der Waals surface area (Å²) in [5.41, 5.74) is -9.17. The number of benzene rings is 2. The topological polar surface area (TPSA) is 205 Å². The molecule has 0 spiro atoms. The Morgan fingerprint density at radius 3 is 1.90 bits per heavy atom. The van der Waals surface area contributed by atoms with E-state index in [9.17, 15) is 49.5 Å². The van der Waals surface area contributed by atoms with Crippen LogP contribution in [-0.2, 0) is 30.3 Å². The zero-order valence-electron chi connectivity index (χ0n) is 22.2. The molecule has 1 unspecified atom stereocenters. The highest BCUT2D eigenvalue weighted by Gasteiger charge is 2.80. The molecule has 12 heteroatoms. The molecule has 1 heterocycles. The first kappa shape index (κ1) is 30.7. The number of rotatable bonds is 10. The van der Waals surface area contributed by atoms with E-state index in [1.54, 1.807) is 18.2 Å². The van der Waals surface area contributed by atoms with Crippen LogP contribution in [0.15, 0.2) is 48.5 Å². The Morgan fingerprint density at radius 2 is 1.40 bits per heavy atom. The smallest absolute Gasteiger partial charge is 0.335 e. The summed E-state index contributed by atoms with van der Waals surface area (Å²) < 4.78 is 11.2. The minimum Gasteiger partial charge on any atom is -0.478 e. The van der Waals surface area contributed by atoms with E-state index in [2.05, 4.69) is 0 Å². The Balaban J connectivity index is 2.11. The van der Waals surface area contributed by atoms with Gasteiger partial charge in [-0.25, -0.2) is 4.79 Å². The molecule has 0 aromatic heterocycles. The number of carbonyl (C=O) groups is 5. The molecule has 1 aliphatic heterocycles. The first-order valence-electron chi connectivity index (χ1n) is 12.1. The second kappa shape index (κ2) is 11.0. The zero-order valence-corrected chi connectivity index (χ0v) is 22.2. The van der Waals surface area contributed by atoms with Gasteiger partial charge in [-0.1, -0.05) is 24.3 Å². The maximum absolute atomic E-state index is 12.8. The highest BCUT2D eigenvalue weighted by atomic mass is 16.7. The molecule has 1 saturated heterocycles. The number of hydrogen-bond donors (Lipinski definition) is 5. The fourth-order valence-electron chi connectivity index (χ4n) is 4.94. The van der Waals surface area contributed by atoms with E-state index in [0.717, 1.165) is 20.8 Å². The van der Waals surface area contributed by atoms with E-state index in [-0.39, 0.29) is 17.7 Å². The van der Waals surface area contributed by atoms with Gasteiger partial charge in [0, 0.05) is 0 Å². The van der Waals surface area contributed by atoms with Crippen LogP contribution in [0.5, 0.6) is 5.75 Å². The Bertz CT molecular complexity index is 1370. The molecule has 1 fully saturated rings. The van der Waals surface area contributed by atoms with Crippen molar-refractivity contribution in [2.45, 2.75) is 69.4 Å². The van der Waals surface area contributed by atoms with E-state index in [0.29, 0.717) is 18.1 Å². The van der Waals surface area contributed by atoms with Crippen LogP contribution in [0.4, 0.5) is 0 Å². The Hall–Kier alpha value is -3.81. The number of Topliss-reactive ketones (excluding diaryl/α,β-unsaturated/α-hetero) is 4. The SMILES string of the molecule is CC(=O)C(O)[C@H]1O[C@H](Oc2cccc(Cc3cccc(C(=O)O)c3)c2)[C@](O)(C(C)=O)[C@](O)(C(C)=O)[C@@]1(O)C(C)=O. The highest BCUT2D eigenvalue weighted by molar-refractivity contribution is 6.05. The van der Waals surface area contributed by atoms with Crippen LogP contribution < -0.4 is 4.74 Å². The molecule has 0 radical (unpaired) electrons. The van der Waals surface area contributed by atoms with Gasteiger partial charge in [0.05, 0.1) is 5.56 Å². The minimum absolute atomic E-state index is 0.0728. The zero-order chi connectivity index (χ0) is 30.2. The van der Waals surface area contributed by atoms with Gasteiger partial charge in [-0.3, -0.25) is 19.2 Å². The highest BCUT2D eigenvalue weighted by Crippen LogP contribution is 2.48. The van der Waals surface area contributed by atoms with Crippen molar-refractivity contribution in [2.75, 3.05) is 0 Å². The van der Waals surface area contributed by atoms with Crippen molar-refractivity contribution < 1.29 is 59.0 Å². The third-order valence-corrected chi connectivity index (χ3v) is 7.14. The van der Waals surface area contributed by atoms with Crippen molar-refractivity contribution in [1.29, 1.82) is 0 Å². The molecule has 2 aromatic carbocycles. The molecule has 5 N–H and O–H groups in total. The molecule has 0 amide bonds. The summed E-state index contributed by atoms with van der Waals surface area (Å²) in [4.78, 5) is 61.7. The lowest BCUT2D eigenvalue weighted by Gasteiger charge is -2.57. The summed E-state index contributed by atoms with van der Waals surface area (Å²) in [5.74, 6) is -6.35. The molecule has 6 atom stereocenters. The maximum Gasteiger partial charge on any atom is 0.335 e. The summed E-state index contributed by atoms with van der Waals surface area (Å²) in [6, 6.07) is 12.2. The molecular formula is C28H30O12. The minimum atomic E-state index is -3.61. The summed E-state index contributed by atoms with van der Waals surface area (Å²) in [6.45, 7) is 3.09. The van der Waals surface area contributed by atoms with E-state index in [4.69, 9.17) is 9.47 Å². The molecule has 1 aliphatic rings. The van der Waals surface area contributed by atoms with Crippen LogP contribution in [0, 0.1) is 0 Å². The molecule has 2 aromatic rings. The lowest BCUT2D eigenvalue weighted by atomic mass is 9.60. The van der Waals surface area contributed by atoms with Gasteiger partial charge >= 0.3 is 5.97 Å². The third kappa shape index (κ3) is 4.84. The van der Waals surface area contributed by atoms with E-state index >= 15 is 0 Å². The first-order valence-corrected chi connectivity index (χ1v) is 12.1. The normalized spacial score (nSPS) is 28.8. The lowest BCUT2D eigenvalue weighted by Crippen LogP contribution is -2.87. The number of ether oxygens (including phenoxy) is 2. The predicted molar refractivity (Wildman–Crippen MR) is 136 cm³/mol. The van der Waals surface area contributed by atoms with E-state index < -0.39 is 64.4 Å². The quantitative estimate of drug-likeness (QED) is 0.261. The summed E-state index contributed by atoms with van der Waals surface area (Å²) in [6.07, 6.45) is -6.69. The van der Waals surface area contributed by atoms with Crippen LogP contribution in [0.25, 0.3) is 0 Å². The number of carboxylic acid groups (broad SMARTS) is 1. The van der Waals surface area contributed by atoms with Gasteiger partial charge in [0.25, 0.3) is 0 Å². The average molecular weight is 559 g/mol. The van der Waals surface area contributed by atoms with Gasteiger partial charge in [-0.2, -0.15) is 0 Å². The first-order chi connectivity index (χ1) is 18.5. The number of aromatic carboxylic acids is 1. The van der Waals surface area contributed by atoms with Crippen molar-refractivity contribution >= 4 is 29.1 Å². The van der Waals surface area contributed by atoms with Crippen molar-refractivity contribution in [2.24, 2.45) is 0 Å². The number of ketones is 4. The van der Waals surface area contributed by atoms with Crippen LogP contribution >= 0.6 is 0 Å². The molecule has 3 rings (SSSR count). The van der Waals surface area contributed by atoms with Gasteiger partial charge in [0.2, 0.25) is 17.5 Å². The Labute approximate surface area is 228 Å². The van der Waals surface area contributed by atoms with Gasteiger partial charge in [-0.15, -0.1) is 0 Å². The summed E-state index contributed by atoms with van der Waals surface area (Å²) in [5, 5.41) is 54.3. The van der Waals surface area contributed by atoms with Gasteiger partial charge < -0.3 is 35.0 Å². The number of aliphatic hydroxyl groups is 4. The summed E-state index contributed by atoms with van der Waals surface area (Å²) >= 11 is 0. The van der Waals surface area contributed by atoms with Crippen molar-refractivity contribution in [3.63, 3.8) is 0 Å². The molecular weight excluding hydrogens is 528 g/mol. The van der Waals surface area contributed by atoms with Crippen molar-refractivity contribution in [3.05, 3.63) is 65.2 Å². The van der Waals surface area contributed by atoms with Crippen molar-refractivity contribution in [1.82, 2.24) is 0 Å². The van der Waals surface area contributed by atoms with Gasteiger partial charge in [0.15, 0.2) is 28.7 Å². The summed E-state index contributed by atoms with van der Waals surface area (Å²) in [7, 11) is 0. The predicted octanol–water partition coefficient (Wildman–Crippen LogP) is -0.0105. The molecule has 0 aliphatic carbocycles. The van der Waals surface area contributed by atoms with E-state index in [1.807, 2.05) is 0 Å². The molecule has 0 saturated carbocycles. The fraction of sp³-hybridized carbons (Fsp3) is 0.393. The molecule has 12 nitrogen and oxygen atoms in total. The fourth-order valence-corrected chi connectivity index (χ4v) is 4.94. The second-order valence-corrected chi connectivity index (χ2v) is 9.80.